The van der Waals surface area contributed by atoms with E-state index in [0.717, 1.165) is 5.56 Å². The molecule has 0 aliphatic rings. The molecule has 0 spiro atoms. The van der Waals surface area contributed by atoms with Crippen molar-refractivity contribution in [1.82, 2.24) is 4.98 Å². The molecule has 4 aromatic rings. The Balaban J connectivity index is 1.81. The van der Waals surface area contributed by atoms with Crippen molar-refractivity contribution in [2.75, 3.05) is 4.90 Å². The van der Waals surface area contributed by atoms with E-state index in [1.165, 1.54) is 29.2 Å². The van der Waals surface area contributed by atoms with Gasteiger partial charge in [-0.05, 0) is 69.5 Å². The smallest absolute Gasteiger partial charge is 0.339 e. The quantitative estimate of drug-likeness (QED) is 0.129. The van der Waals surface area contributed by atoms with Gasteiger partial charge in [0.15, 0.2) is 0 Å². The number of hydrogen-bond donors (Lipinski definition) is 3. The van der Waals surface area contributed by atoms with Crippen molar-refractivity contribution in [2.24, 2.45) is 5.73 Å². The van der Waals surface area contributed by atoms with Gasteiger partial charge in [-0.25, -0.2) is 4.79 Å². The summed E-state index contributed by atoms with van der Waals surface area (Å²) in [4.78, 5) is 17.7. The number of nitrogen functional groups attached to an aromatic ring is 1. The van der Waals surface area contributed by atoms with Gasteiger partial charge in [-0.3, -0.25) is 5.41 Å². The number of ether oxygens (including phenoxy) is 2. The highest BCUT2D eigenvalue weighted by atomic mass is 19.1. The lowest BCUT2D eigenvalue weighted by Crippen LogP contribution is -2.38. The van der Waals surface area contributed by atoms with Gasteiger partial charge in [-0.15, -0.1) is 0 Å². The highest BCUT2D eigenvalue weighted by molar-refractivity contribution is 5.95. The predicted octanol–water partition coefficient (Wildman–Crippen LogP) is 7.14. The van der Waals surface area contributed by atoms with E-state index in [9.17, 15) is 9.90 Å². The second kappa shape index (κ2) is 12.7. The molecule has 0 saturated heterocycles. The van der Waals surface area contributed by atoms with E-state index in [0.29, 0.717) is 17.5 Å². The minimum atomic E-state index is -1.29. The maximum absolute atomic E-state index is 16.1. The molecule has 218 valence electrons. The van der Waals surface area contributed by atoms with Crippen molar-refractivity contribution in [2.45, 2.75) is 46.2 Å². The summed E-state index contributed by atoms with van der Waals surface area (Å²) < 4.78 is 43.5. The predicted molar refractivity (Wildman–Crippen MR) is 157 cm³/mol. The summed E-state index contributed by atoms with van der Waals surface area (Å²) in [5.41, 5.74) is 6.95. The molecule has 0 aliphatic heterocycles. The normalized spacial score (nSPS) is 11.0. The molecular weight excluding hydrogens is 542 g/mol. The van der Waals surface area contributed by atoms with E-state index in [2.05, 4.69) is 4.98 Å². The van der Waals surface area contributed by atoms with E-state index in [1.54, 1.807) is 45.9 Å². The van der Waals surface area contributed by atoms with Crippen LogP contribution in [0.2, 0.25) is 0 Å². The van der Waals surface area contributed by atoms with Crippen molar-refractivity contribution in [1.29, 1.82) is 5.41 Å². The third-order valence-corrected chi connectivity index (χ3v) is 6.46. The lowest BCUT2D eigenvalue weighted by molar-refractivity contribution is 0.0693. The van der Waals surface area contributed by atoms with E-state index < -0.39 is 35.1 Å². The van der Waals surface area contributed by atoms with Crippen LogP contribution in [0.1, 0.15) is 54.7 Å². The van der Waals surface area contributed by atoms with Crippen molar-refractivity contribution in [3.63, 3.8) is 0 Å². The summed E-state index contributed by atoms with van der Waals surface area (Å²) in [5, 5.41) is 17.6. The Kier molecular flexibility index (Phi) is 9.05. The number of nitrogens with two attached hydrogens (primary N) is 1. The second-order valence-corrected chi connectivity index (χ2v) is 10.2. The number of hydrogen-bond acceptors (Lipinski definition) is 6. The van der Waals surface area contributed by atoms with E-state index in [-0.39, 0.29) is 35.0 Å². The number of pyridine rings is 1. The Bertz CT molecular complexity index is 1600. The van der Waals surface area contributed by atoms with Gasteiger partial charge in [0.25, 0.3) is 11.8 Å². The largest absolute Gasteiger partial charge is 0.478 e. The van der Waals surface area contributed by atoms with Crippen LogP contribution in [0.5, 0.6) is 23.3 Å². The number of halogens is 2. The number of amidine groups is 1. The van der Waals surface area contributed by atoms with Crippen LogP contribution < -0.4 is 20.1 Å². The molecule has 0 unspecified atom stereocenters. The highest BCUT2D eigenvalue weighted by Gasteiger charge is 2.31. The SMILES string of the molecule is CC(C)N(c1c(F)c(Oc2cccc(C(=N)N)c2)nc(Oc2ccc(Cc3ccccc3)cc2C(=O)O)c1F)C(C)C. The first kappa shape index (κ1) is 30.0. The van der Waals surface area contributed by atoms with Crippen LogP contribution in [0.25, 0.3) is 0 Å². The van der Waals surface area contributed by atoms with Gasteiger partial charge >= 0.3 is 5.97 Å². The Morgan fingerprint density at radius 3 is 2.14 bits per heavy atom. The Morgan fingerprint density at radius 2 is 1.55 bits per heavy atom. The third kappa shape index (κ3) is 6.65. The molecule has 10 heteroatoms. The van der Waals surface area contributed by atoms with Crippen molar-refractivity contribution < 1.29 is 28.2 Å². The number of rotatable bonds is 11. The van der Waals surface area contributed by atoms with E-state index in [4.69, 9.17) is 20.6 Å². The highest BCUT2D eigenvalue weighted by Crippen LogP contribution is 2.40. The molecule has 4 N–H and O–H groups in total. The minimum absolute atomic E-state index is 0.106. The van der Waals surface area contributed by atoms with Crippen LogP contribution in [0.15, 0.2) is 72.8 Å². The number of nitrogens with zero attached hydrogens (tertiary/aromatic N) is 2. The van der Waals surface area contributed by atoms with Gasteiger partial charge in [0.2, 0.25) is 11.6 Å². The zero-order valence-electron chi connectivity index (χ0n) is 23.7. The van der Waals surface area contributed by atoms with Crippen molar-refractivity contribution in [3.05, 3.63) is 107 Å². The molecule has 0 amide bonds. The monoisotopic (exact) mass is 574 g/mol. The van der Waals surface area contributed by atoms with Gasteiger partial charge in [0.05, 0.1) is 0 Å². The first-order valence-electron chi connectivity index (χ1n) is 13.3. The van der Waals surface area contributed by atoms with Crippen molar-refractivity contribution >= 4 is 17.5 Å². The third-order valence-electron chi connectivity index (χ3n) is 6.46. The fourth-order valence-electron chi connectivity index (χ4n) is 4.68. The lowest BCUT2D eigenvalue weighted by Gasteiger charge is -2.33. The standard InChI is InChI=1S/C32H32F2N4O4/c1-18(2)38(19(3)4)28-26(33)30(41-23-12-8-11-22(17-23)29(35)36)37-31(27(28)34)42-25-14-13-21(16-24(25)32(39)40)15-20-9-6-5-7-10-20/h5-14,16-19H,15H2,1-4H3,(H3,35,36)(H,39,40). The summed E-state index contributed by atoms with van der Waals surface area (Å²) >= 11 is 0. The number of aromatic carboxylic acids is 1. The van der Waals surface area contributed by atoms with Gasteiger partial charge in [0.1, 0.15) is 28.6 Å². The van der Waals surface area contributed by atoms with E-state index >= 15 is 8.78 Å². The van der Waals surface area contributed by atoms with E-state index in [1.807, 2.05) is 30.3 Å². The maximum atomic E-state index is 16.1. The lowest BCUT2D eigenvalue weighted by atomic mass is 10.0. The molecule has 1 aromatic heterocycles. The molecule has 3 aromatic carbocycles. The first-order valence-corrected chi connectivity index (χ1v) is 13.3. The number of nitrogens with one attached hydrogen (secondary N) is 1. The minimum Gasteiger partial charge on any atom is -0.478 e. The van der Waals surface area contributed by atoms with Gasteiger partial charge in [0, 0.05) is 17.6 Å². The number of aromatic nitrogens is 1. The number of benzene rings is 3. The zero-order valence-corrected chi connectivity index (χ0v) is 23.7. The summed E-state index contributed by atoms with van der Waals surface area (Å²) in [5.74, 6) is -4.99. The molecule has 42 heavy (non-hydrogen) atoms. The average molecular weight is 575 g/mol. The van der Waals surface area contributed by atoms with Gasteiger partial charge in [-0.1, -0.05) is 48.5 Å². The molecule has 0 aliphatic carbocycles. The fourth-order valence-corrected chi connectivity index (χ4v) is 4.68. The zero-order chi connectivity index (χ0) is 30.6. The fraction of sp³-hybridized carbons (Fsp3) is 0.219. The Labute approximate surface area is 242 Å². The molecule has 8 nitrogen and oxygen atoms in total. The van der Waals surface area contributed by atoms with Crippen LogP contribution in [-0.2, 0) is 6.42 Å². The second-order valence-electron chi connectivity index (χ2n) is 10.2. The molecule has 0 saturated carbocycles. The topological polar surface area (TPSA) is 122 Å². The molecule has 4 rings (SSSR count). The van der Waals surface area contributed by atoms with Crippen LogP contribution >= 0.6 is 0 Å². The van der Waals surface area contributed by atoms with Crippen LogP contribution in [-0.4, -0.2) is 34.0 Å². The van der Waals surface area contributed by atoms with Crippen LogP contribution in [0.4, 0.5) is 14.5 Å². The van der Waals surface area contributed by atoms with Gasteiger partial charge < -0.3 is 25.2 Å². The Morgan fingerprint density at radius 1 is 0.905 bits per heavy atom. The summed E-state index contributed by atoms with van der Waals surface area (Å²) in [6.07, 6.45) is 0.476. The maximum Gasteiger partial charge on any atom is 0.339 e. The first-order chi connectivity index (χ1) is 20.0. The number of carbonyl (C=O) groups is 1. The number of anilines is 1. The van der Waals surface area contributed by atoms with Crippen molar-refractivity contribution in [3.8, 4) is 23.3 Å². The van der Waals surface area contributed by atoms with Gasteiger partial charge in [-0.2, -0.15) is 13.8 Å². The van der Waals surface area contributed by atoms with Crippen LogP contribution in [0, 0.1) is 17.0 Å². The molecular formula is C32H32F2N4O4. The number of carboxylic acids is 1. The molecule has 0 fully saturated rings. The molecule has 0 radical (unpaired) electrons. The summed E-state index contributed by atoms with van der Waals surface area (Å²) in [6.45, 7) is 7.13. The molecule has 0 bridgehead atoms. The summed E-state index contributed by atoms with van der Waals surface area (Å²) in [7, 11) is 0. The number of carboxylic acid groups (broad SMARTS) is 1. The average Bonchev–Trinajstić information content (AvgIpc) is 2.94. The van der Waals surface area contributed by atoms with Crippen LogP contribution in [0.3, 0.4) is 0 Å². The molecule has 0 atom stereocenters. The molecule has 1 heterocycles. The summed E-state index contributed by atoms with van der Waals surface area (Å²) in [6, 6.07) is 19.5. The Hall–Kier alpha value is -4.99.